The van der Waals surface area contributed by atoms with Gasteiger partial charge in [0.1, 0.15) is 0 Å². The summed E-state index contributed by atoms with van der Waals surface area (Å²) in [6.45, 7) is 1.50. The van der Waals surface area contributed by atoms with Crippen LogP contribution in [-0.4, -0.2) is 57.2 Å². The number of hydrogen-bond acceptors (Lipinski definition) is 4. The average Bonchev–Trinajstić information content (AvgIpc) is 3.20. The van der Waals surface area contributed by atoms with E-state index in [1.54, 1.807) is 7.11 Å². The highest BCUT2D eigenvalue weighted by Crippen LogP contribution is 2.32. The lowest BCUT2D eigenvalue weighted by Crippen LogP contribution is -2.56. The van der Waals surface area contributed by atoms with Crippen molar-refractivity contribution < 1.29 is 17.9 Å². The first kappa shape index (κ1) is 15.7. The summed E-state index contributed by atoms with van der Waals surface area (Å²) in [6, 6.07) is 0. The fraction of sp³-hybridized carbons (Fsp3) is 0.923. The first-order chi connectivity index (χ1) is 9.36. The molecule has 0 radical (unpaired) electrons. The van der Waals surface area contributed by atoms with Crippen LogP contribution in [-0.2, 0) is 19.6 Å². The molecule has 116 valence electrons. The Morgan fingerprint density at radius 2 is 1.95 bits per heavy atom. The van der Waals surface area contributed by atoms with Gasteiger partial charge in [0.25, 0.3) is 0 Å². The predicted octanol–water partition coefficient (Wildman–Crippen LogP) is 0.343. The van der Waals surface area contributed by atoms with Gasteiger partial charge in [-0.05, 0) is 32.1 Å². The number of sulfonamides is 1. The molecule has 0 spiro atoms. The summed E-state index contributed by atoms with van der Waals surface area (Å²) in [5, 5.41) is 3.16. The Morgan fingerprint density at radius 1 is 1.35 bits per heavy atom. The van der Waals surface area contributed by atoms with E-state index in [1.807, 2.05) is 0 Å². The average molecular weight is 304 g/mol. The van der Waals surface area contributed by atoms with Crippen LogP contribution in [0.2, 0.25) is 0 Å². The summed E-state index contributed by atoms with van der Waals surface area (Å²) in [4.78, 5) is 12.0. The van der Waals surface area contributed by atoms with Gasteiger partial charge in [-0.3, -0.25) is 4.79 Å². The molecule has 7 heteroatoms. The van der Waals surface area contributed by atoms with Crippen LogP contribution in [0.25, 0.3) is 0 Å². The second-order valence-corrected chi connectivity index (χ2v) is 7.93. The van der Waals surface area contributed by atoms with Crippen LogP contribution in [0.3, 0.4) is 0 Å². The van der Waals surface area contributed by atoms with Gasteiger partial charge in [-0.2, -0.15) is 0 Å². The fourth-order valence-corrected chi connectivity index (χ4v) is 3.54. The van der Waals surface area contributed by atoms with E-state index in [0.29, 0.717) is 32.5 Å². The van der Waals surface area contributed by atoms with Crippen molar-refractivity contribution in [2.45, 2.75) is 37.6 Å². The normalized spacial score (nSPS) is 23.5. The number of nitrogens with one attached hydrogen (secondary N) is 1. The quantitative estimate of drug-likeness (QED) is 0.768. The number of carbonyl (C=O) groups is 1. The molecule has 20 heavy (non-hydrogen) atoms. The lowest BCUT2D eigenvalue weighted by Gasteiger charge is -2.41. The Kier molecular flexibility index (Phi) is 4.71. The summed E-state index contributed by atoms with van der Waals surface area (Å²) in [7, 11) is -1.50. The smallest absolute Gasteiger partial charge is 0.223 e. The molecule has 0 bridgehead atoms. The van der Waals surface area contributed by atoms with Gasteiger partial charge in [0, 0.05) is 38.3 Å². The molecular weight excluding hydrogens is 280 g/mol. The molecule has 1 saturated heterocycles. The molecule has 0 aromatic rings. The number of piperidine rings is 1. The van der Waals surface area contributed by atoms with E-state index < -0.39 is 10.0 Å². The third kappa shape index (κ3) is 3.93. The van der Waals surface area contributed by atoms with E-state index in [0.717, 1.165) is 19.3 Å². The highest BCUT2D eigenvalue weighted by molar-refractivity contribution is 7.88. The third-order valence-electron chi connectivity index (χ3n) is 4.27. The molecule has 1 amide bonds. The third-order valence-corrected chi connectivity index (χ3v) is 5.57. The summed E-state index contributed by atoms with van der Waals surface area (Å²) in [5.41, 5.74) is -0.309. The molecule has 1 aliphatic heterocycles. The van der Waals surface area contributed by atoms with E-state index >= 15 is 0 Å². The van der Waals surface area contributed by atoms with Gasteiger partial charge >= 0.3 is 0 Å². The number of carbonyl (C=O) groups excluding carboxylic acids is 1. The number of nitrogens with zero attached hydrogens (tertiary/aromatic N) is 1. The number of hydrogen-bond donors (Lipinski definition) is 1. The van der Waals surface area contributed by atoms with Crippen molar-refractivity contribution >= 4 is 15.9 Å². The zero-order valence-electron chi connectivity index (χ0n) is 12.2. The van der Waals surface area contributed by atoms with Gasteiger partial charge in [0.15, 0.2) is 0 Å². The fourth-order valence-electron chi connectivity index (χ4n) is 2.69. The number of amides is 1. The predicted molar refractivity (Wildman–Crippen MR) is 75.7 cm³/mol. The minimum absolute atomic E-state index is 0.119. The van der Waals surface area contributed by atoms with E-state index in [2.05, 4.69) is 5.32 Å². The monoisotopic (exact) mass is 304 g/mol. The first-order valence-corrected chi connectivity index (χ1v) is 8.97. The summed E-state index contributed by atoms with van der Waals surface area (Å²) in [5.74, 6) is 0.288. The van der Waals surface area contributed by atoms with E-state index in [4.69, 9.17) is 4.74 Å². The number of ether oxygens (including phenoxy) is 1. The zero-order chi connectivity index (χ0) is 14.8. The maximum atomic E-state index is 12.0. The topological polar surface area (TPSA) is 75.7 Å². The number of methoxy groups -OCH3 is 1. The maximum absolute atomic E-state index is 12.0. The van der Waals surface area contributed by atoms with Crippen molar-refractivity contribution in [3.63, 3.8) is 0 Å². The summed E-state index contributed by atoms with van der Waals surface area (Å²) >= 11 is 0. The first-order valence-electron chi connectivity index (χ1n) is 7.12. The molecule has 1 aliphatic carbocycles. The number of rotatable bonds is 6. The Labute approximate surface area is 120 Å². The highest BCUT2D eigenvalue weighted by atomic mass is 32.2. The van der Waals surface area contributed by atoms with Gasteiger partial charge < -0.3 is 10.1 Å². The van der Waals surface area contributed by atoms with Gasteiger partial charge in [-0.15, -0.1) is 0 Å². The van der Waals surface area contributed by atoms with Crippen LogP contribution < -0.4 is 5.32 Å². The van der Waals surface area contributed by atoms with Crippen LogP contribution in [0, 0.1) is 5.92 Å². The van der Waals surface area contributed by atoms with E-state index in [9.17, 15) is 13.2 Å². The molecule has 0 atom stereocenters. The molecule has 0 unspecified atom stereocenters. The largest absolute Gasteiger partial charge is 0.385 e. The zero-order valence-corrected chi connectivity index (χ0v) is 13.0. The molecule has 1 N–H and O–H groups in total. The molecule has 1 saturated carbocycles. The van der Waals surface area contributed by atoms with Crippen molar-refractivity contribution in [2.24, 2.45) is 5.92 Å². The Balaban J connectivity index is 1.99. The van der Waals surface area contributed by atoms with Gasteiger partial charge in [0.05, 0.1) is 6.26 Å². The van der Waals surface area contributed by atoms with Crippen LogP contribution in [0.1, 0.15) is 32.1 Å². The van der Waals surface area contributed by atoms with Gasteiger partial charge in [-0.1, -0.05) is 0 Å². The second-order valence-electron chi connectivity index (χ2n) is 5.95. The second kappa shape index (κ2) is 5.99. The Hall–Kier alpha value is -0.660. The van der Waals surface area contributed by atoms with Crippen LogP contribution in [0.5, 0.6) is 0 Å². The van der Waals surface area contributed by atoms with Crippen molar-refractivity contribution in [3.8, 4) is 0 Å². The van der Waals surface area contributed by atoms with E-state index in [-0.39, 0.29) is 17.4 Å². The van der Waals surface area contributed by atoms with Crippen molar-refractivity contribution in [1.29, 1.82) is 0 Å². The Bertz CT molecular complexity index is 451. The van der Waals surface area contributed by atoms with Crippen LogP contribution in [0.15, 0.2) is 0 Å². The molecule has 1 heterocycles. The minimum Gasteiger partial charge on any atom is -0.385 e. The SMILES string of the molecule is COCCC1(NC(=O)C2CC2)CCN(S(C)(=O)=O)CC1. The van der Waals surface area contributed by atoms with Gasteiger partial charge in [-0.25, -0.2) is 12.7 Å². The van der Waals surface area contributed by atoms with E-state index in [1.165, 1.54) is 10.6 Å². The standard InChI is InChI=1S/C13H24N2O4S/c1-19-10-7-13(14-12(16)11-3-4-11)5-8-15(9-6-13)20(2,17)18/h11H,3-10H2,1-2H3,(H,14,16). The van der Waals surface area contributed by atoms with Crippen LogP contribution in [0.4, 0.5) is 0 Å². The molecule has 6 nitrogen and oxygen atoms in total. The van der Waals surface area contributed by atoms with Crippen LogP contribution >= 0.6 is 0 Å². The van der Waals surface area contributed by atoms with Gasteiger partial charge in [0.2, 0.25) is 15.9 Å². The van der Waals surface area contributed by atoms with Crippen molar-refractivity contribution in [2.75, 3.05) is 33.1 Å². The van der Waals surface area contributed by atoms with Crippen molar-refractivity contribution in [1.82, 2.24) is 9.62 Å². The molecule has 0 aromatic carbocycles. The summed E-state index contributed by atoms with van der Waals surface area (Å²) in [6.07, 6.45) is 5.23. The van der Waals surface area contributed by atoms with Crippen molar-refractivity contribution in [3.05, 3.63) is 0 Å². The molecular formula is C13H24N2O4S. The Morgan fingerprint density at radius 3 is 2.40 bits per heavy atom. The molecule has 0 aromatic heterocycles. The highest BCUT2D eigenvalue weighted by Gasteiger charge is 2.40. The lowest BCUT2D eigenvalue weighted by molar-refractivity contribution is -0.125. The summed E-state index contributed by atoms with van der Waals surface area (Å²) < 4.78 is 29.8. The molecule has 2 rings (SSSR count). The minimum atomic E-state index is -3.14. The lowest BCUT2D eigenvalue weighted by atomic mass is 9.85. The molecule has 2 aliphatic rings. The maximum Gasteiger partial charge on any atom is 0.223 e. The molecule has 2 fully saturated rings.